The van der Waals surface area contributed by atoms with Crippen LogP contribution in [0.5, 0.6) is 0 Å². The molecule has 0 fully saturated rings. The molecule has 0 aromatic carbocycles. The van der Waals surface area contributed by atoms with E-state index in [1.807, 2.05) is 0 Å². The van der Waals surface area contributed by atoms with Crippen LogP contribution in [0.2, 0.25) is 0 Å². The molecule has 1 aromatic rings. The first-order chi connectivity index (χ1) is 5.40. The van der Waals surface area contributed by atoms with Gasteiger partial charge in [0.1, 0.15) is 0 Å². The lowest BCUT2D eigenvalue weighted by molar-refractivity contribution is 0.606. The minimum Gasteiger partial charge on any atom is -0.280 e. The van der Waals surface area contributed by atoms with Crippen molar-refractivity contribution in [1.82, 2.24) is 9.78 Å². The van der Waals surface area contributed by atoms with E-state index in [0.717, 1.165) is 11.9 Å². The number of aromatic nitrogens is 2. The van der Waals surface area contributed by atoms with E-state index in [4.69, 9.17) is 0 Å². The molecule has 0 radical (unpaired) electrons. The summed E-state index contributed by atoms with van der Waals surface area (Å²) >= 11 is 0. The van der Waals surface area contributed by atoms with Gasteiger partial charge in [-0.05, 0) is 6.92 Å². The Bertz CT molecular complexity index is 379. The van der Waals surface area contributed by atoms with Crippen molar-refractivity contribution in [2.45, 2.75) is 6.92 Å². The van der Waals surface area contributed by atoms with Crippen LogP contribution in [-0.4, -0.2) is 24.5 Å². The van der Waals surface area contributed by atoms with Gasteiger partial charge < -0.3 is 0 Å². The second-order valence-corrected chi connectivity index (χ2v) is 4.39. The van der Waals surface area contributed by atoms with Crippen molar-refractivity contribution >= 4 is 15.7 Å². The highest BCUT2D eigenvalue weighted by molar-refractivity contribution is 7.92. The van der Waals surface area contributed by atoms with E-state index in [1.54, 1.807) is 18.7 Å². The minimum atomic E-state index is -3.19. The third kappa shape index (κ3) is 1.97. The molecule has 68 valence electrons. The van der Waals surface area contributed by atoms with Crippen molar-refractivity contribution in [3.63, 3.8) is 0 Å². The fourth-order valence-corrected chi connectivity index (χ4v) is 1.40. The number of rotatable bonds is 2. The summed E-state index contributed by atoms with van der Waals surface area (Å²) in [6, 6.07) is 0. The van der Waals surface area contributed by atoms with Gasteiger partial charge in [-0.25, -0.2) is 8.42 Å². The Morgan fingerprint density at radius 3 is 2.50 bits per heavy atom. The number of hydrogen-bond donors (Lipinski definition) is 1. The molecule has 0 aliphatic carbocycles. The molecule has 1 rings (SSSR count). The van der Waals surface area contributed by atoms with E-state index in [0.29, 0.717) is 5.69 Å². The van der Waals surface area contributed by atoms with Gasteiger partial charge in [0.25, 0.3) is 0 Å². The van der Waals surface area contributed by atoms with Crippen LogP contribution in [0.15, 0.2) is 6.20 Å². The molecular formula is C6H11N3O2S. The summed E-state index contributed by atoms with van der Waals surface area (Å²) in [4.78, 5) is 0. The van der Waals surface area contributed by atoms with E-state index in [-0.39, 0.29) is 0 Å². The van der Waals surface area contributed by atoms with Crippen molar-refractivity contribution in [3.05, 3.63) is 11.9 Å². The van der Waals surface area contributed by atoms with E-state index in [1.165, 1.54) is 6.20 Å². The van der Waals surface area contributed by atoms with Crippen LogP contribution in [0.1, 0.15) is 5.69 Å². The molecule has 0 aliphatic rings. The maximum atomic E-state index is 10.8. The van der Waals surface area contributed by atoms with Crippen LogP contribution in [0.25, 0.3) is 0 Å². The molecule has 6 heteroatoms. The van der Waals surface area contributed by atoms with Crippen LogP contribution in [-0.2, 0) is 17.1 Å². The second-order valence-electron chi connectivity index (χ2n) is 2.64. The van der Waals surface area contributed by atoms with Gasteiger partial charge in [0, 0.05) is 7.05 Å². The van der Waals surface area contributed by atoms with Gasteiger partial charge in [0.15, 0.2) is 0 Å². The Hall–Kier alpha value is -1.04. The molecule has 12 heavy (non-hydrogen) atoms. The van der Waals surface area contributed by atoms with E-state index in [9.17, 15) is 8.42 Å². The monoisotopic (exact) mass is 189 g/mol. The lowest BCUT2D eigenvalue weighted by atomic mass is 10.4. The first kappa shape index (κ1) is 9.05. The first-order valence-corrected chi connectivity index (χ1v) is 5.25. The first-order valence-electron chi connectivity index (χ1n) is 3.36. The number of hydrogen-bond acceptors (Lipinski definition) is 3. The summed E-state index contributed by atoms with van der Waals surface area (Å²) in [6.45, 7) is 1.79. The highest BCUT2D eigenvalue weighted by Gasteiger charge is 2.07. The van der Waals surface area contributed by atoms with Gasteiger partial charge in [-0.3, -0.25) is 9.40 Å². The third-order valence-corrected chi connectivity index (χ3v) is 2.12. The van der Waals surface area contributed by atoms with E-state index >= 15 is 0 Å². The van der Waals surface area contributed by atoms with Crippen LogP contribution in [0, 0.1) is 6.92 Å². The third-order valence-electron chi connectivity index (χ3n) is 1.53. The van der Waals surface area contributed by atoms with Gasteiger partial charge in [0.2, 0.25) is 10.0 Å². The minimum absolute atomic E-state index is 0.528. The lowest BCUT2D eigenvalue weighted by Gasteiger charge is -2.01. The average molecular weight is 189 g/mol. The Kier molecular flexibility index (Phi) is 2.10. The zero-order valence-corrected chi connectivity index (χ0v) is 8.01. The quantitative estimate of drug-likeness (QED) is 0.717. The second kappa shape index (κ2) is 2.78. The number of sulfonamides is 1. The Labute approximate surface area is 71.4 Å². The topological polar surface area (TPSA) is 64.0 Å². The summed E-state index contributed by atoms with van der Waals surface area (Å²) < 4.78 is 25.6. The zero-order chi connectivity index (χ0) is 9.35. The molecule has 0 atom stereocenters. The molecule has 1 heterocycles. The molecule has 1 N–H and O–H groups in total. The number of anilines is 1. The van der Waals surface area contributed by atoms with E-state index in [2.05, 4.69) is 9.82 Å². The zero-order valence-electron chi connectivity index (χ0n) is 7.20. The highest BCUT2D eigenvalue weighted by Crippen LogP contribution is 2.12. The van der Waals surface area contributed by atoms with Crippen LogP contribution < -0.4 is 4.72 Å². The van der Waals surface area contributed by atoms with Crippen molar-refractivity contribution < 1.29 is 8.42 Å². The van der Waals surface area contributed by atoms with Gasteiger partial charge >= 0.3 is 0 Å². The van der Waals surface area contributed by atoms with Gasteiger partial charge in [-0.15, -0.1) is 0 Å². The number of nitrogens with zero attached hydrogens (tertiary/aromatic N) is 2. The van der Waals surface area contributed by atoms with Gasteiger partial charge in [0.05, 0.1) is 23.8 Å². The molecule has 0 spiro atoms. The van der Waals surface area contributed by atoms with Gasteiger partial charge in [-0.1, -0.05) is 0 Å². The predicted octanol–water partition coefficient (Wildman–Crippen LogP) is 0.100. The standard InChI is InChI=1S/C6H11N3O2S/c1-5-6(4-7-9(5)2)8-12(3,10)11/h4,8H,1-3H3. The Morgan fingerprint density at radius 2 is 2.17 bits per heavy atom. The number of aryl methyl sites for hydroxylation is 1. The summed E-state index contributed by atoms with van der Waals surface area (Å²) in [5, 5.41) is 3.89. The highest BCUT2D eigenvalue weighted by atomic mass is 32.2. The number of nitrogens with one attached hydrogen (secondary N) is 1. The van der Waals surface area contributed by atoms with Gasteiger partial charge in [-0.2, -0.15) is 5.10 Å². The summed E-state index contributed by atoms with van der Waals surface area (Å²) in [5.74, 6) is 0. The largest absolute Gasteiger partial charge is 0.280 e. The summed E-state index contributed by atoms with van der Waals surface area (Å²) in [7, 11) is -1.44. The smallest absolute Gasteiger partial charge is 0.229 e. The Morgan fingerprint density at radius 1 is 1.58 bits per heavy atom. The SMILES string of the molecule is Cc1c(NS(C)(=O)=O)cnn1C. The van der Waals surface area contributed by atoms with Crippen LogP contribution >= 0.6 is 0 Å². The van der Waals surface area contributed by atoms with E-state index < -0.39 is 10.0 Å². The maximum Gasteiger partial charge on any atom is 0.229 e. The summed E-state index contributed by atoms with van der Waals surface area (Å²) in [6.07, 6.45) is 2.59. The normalized spacial score (nSPS) is 11.6. The van der Waals surface area contributed by atoms with Crippen LogP contribution in [0.3, 0.4) is 0 Å². The fourth-order valence-electron chi connectivity index (χ4n) is 0.799. The molecular weight excluding hydrogens is 178 g/mol. The maximum absolute atomic E-state index is 10.8. The molecule has 0 bridgehead atoms. The average Bonchev–Trinajstić information content (AvgIpc) is 2.16. The molecule has 0 saturated carbocycles. The lowest BCUT2D eigenvalue weighted by Crippen LogP contribution is -2.10. The Balaban J connectivity index is 2.99. The molecule has 5 nitrogen and oxygen atoms in total. The summed E-state index contributed by atoms with van der Waals surface area (Å²) in [5.41, 5.74) is 1.32. The van der Waals surface area contributed by atoms with Crippen molar-refractivity contribution in [1.29, 1.82) is 0 Å². The van der Waals surface area contributed by atoms with Crippen LogP contribution in [0.4, 0.5) is 5.69 Å². The fraction of sp³-hybridized carbons (Fsp3) is 0.500. The molecule has 0 saturated heterocycles. The molecule has 0 aliphatic heterocycles. The van der Waals surface area contributed by atoms with Crippen molar-refractivity contribution in [2.75, 3.05) is 11.0 Å². The van der Waals surface area contributed by atoms with Crippen molar-refractivity contribution in [3.8, 4) is 0 Å². The molecule has 0 amide bonds. The molecule has 1 aromatic heterocycles. The molecule has 0 unspecified atom stereocenters. The predicted molar refractivity (Wildman–Crippen MR) is 46.4 cm³/mol. The van der Waals surface area contributed by atoms with Crippen molar-refractivity contribution in [2.24, 2.45) is 7.05 Å².